The van der Waals surface area contributed by atoms with Gasteiger partial charge in [-0.1, -0.05) is 26.8 Å². The van der Waals surface area contributed by atoms with E-state index in [-0.39, 0.29) is 11.8 Å². The molecule has 0 aromatic carbocycles. The molecule has 0 rings (SSSR count). The minimum Gasteiger partial charge on any atom is -0.417 e. The second-order valence-electron chi connectivity index (χ2n) is 7.91. The number of hydrogen-bond donors (Lipinski definition) is 1. The van der Waals surface area contributed by atoms with Crippen molar-refractivity contribution in [1.82, 2.24) is 0 Å². The lowest BCUT2D eigenvalue weighted by Gasteiger charge is -2.36. The maximum atomic E-state index is 10.6. The van der Waals surface area contributed by atoms with Crippen LogP contribution in [0.3, 0.4) is 0 Å². The van der Waals surface area contributed by atoms with Crippen molar-refractivity contribution in [3.63, 3.8) is 0 Å². The molecular formula is C18H38O5Si. The van der Waals surface area contributed by atoms with Crippen LogP contribution in [0.25, 0.3) is 0 Å². The van der Waals surface area contributed by atoms with E-state index in [0.29, 0.717) is 26.2 Å². The normalized spacial score (nSPS) is 16.7. The van der Waals surface area contributed by atoms with E-state index >= 15 is 0 Å². The van der Waals surface area contributed by atoms with Crippen LogP contribution in [0, 0.1) is 0 Å². The van der Waals surface area contributed by atoms with Crippen LogP contribution in [0.4, 0.5) is 0 Å². The first-order valence-corrected chi connectivity index (χ1v) is 11.6. The maximum absolute atomic E-state index is 10.6. The maximum Gasteiger partial charge on any atom is 0.191 e. The molecule has 6 heteroatoms. The highest BCUT2D eigenvalue weighted by Crippen LogP contribution is 2.36. The van der Waals surface area contributed by atoms with E-state index in [0.717, 1.165) is 6.42 Å². The Morgan fingerprint density at radius 1 is 1.12 bits per heavy atom. The van der Waals surface area contributed by atoms with Crippen LogP contribution in [0.2, 0.25) is 18.1 Å². The van der Waals surface area contributed by atoms with Crippen LogP contribution >= 0.6 is 0 Å². The van der Waals surface area contributed by atoms with Crippen LogP contribution in [0.15, 0.2) is 12.7 Å². The van der Waals surface area contributed by atoms with Crippen molar-refractivity contribution in [3.05, 3.63) is 12.7 Å². The van der Waals surface area contributed by atoms with Crippen molar-refractivity contribution in [2.45, 2.75) is 70.4 Å². The molecule has 0 fully saturated rings. The topological polar surface area (TPSA) is 57.2 Å². The van der Waals surface area contributed by atoms with Gasteiger partial charge in [0.25, 0.3) is 0 Å². The zero-order valence-corrected chi connectivity index (χ0v) is 17.7. The van der Waals surface area contributed by atoms with E-state index in [2.05, 4.69) is 40.4 Å². The molecule has 0 saturated heterocycles. The molecule has 0 bridgehead atoms. The molecule has 2 atom stereocenters. The molecule has 0 aliphatic heterocycles. The summed E-state index contributed by atoms with van der Waals surface area (Å²) in [7, 11) is -0.117. The summed E-state index contributed by atoms with van der Waals surface area (Å²) in [5.74, 6) is 0. The fourth-order valence-corrected chi connectivity index (χ4v) is 3.03. The SMILES string of the molecule is C=CC(OCOCCOC)[C@](C)(O)CCCO[Si](C)(C)C(C)(C)C. The molecule has 0 saturated carbocycles. The van der Waals surface area contributed by atoms with Gasteiger partial charge in [0.1, 0.15) is 12.9 Å². The fourth-order valence-electron chi connectivity index (χ4n) is 1.94. The first kappa shape index (κ1) is 23.8. The van der Waals surface area contributed by atoms with Gasteiger partial charge in [0.15, 0.2) is 8.32 Å². The van der Waals surface area contributed by atoms with Crippen molar-refractivity contribution in [2.75, 3.05) is 33.7 Å². The molecule has 0 aromatic rings. The van der Waals surface area contributed by atoms with Gasteiger partial charge in [-0.25, -0.2) is 0 Å². The van der Waals surface area contributed by atoms with Gasteiger partial charge in [-0.2, -0.15) is 0 Å². The van der Waals surface area contributed by atoms with Crippen LogP contribution in [-0.2, 0) is 18.6 Å². The molecule has 0 aliphatic rings. The van der Waals surface area contributed by atoms with Gasteiger partial charge in [-0.15, -0.1) is 6.58 Å². The third kappa shape index (κ3) is 8.74. The largest absolute Gasteiger partial charge is 0.417 e. The molecule has 0 heterocycles. The highest BCUT2D eigenvalue weighted by molar-refractivity contribution is 6.74. The summed E-state index contributed by atoms with van der Waals surface area (Å²) in [4.78, 5) is 0. The Morgan fingerprint density at radius 2 is 1.75 bits per heavy atom. The Labute approximate surface area is 149 Å². The van der Waals surface area contributed by atoms with Gasteiger partial charge in [0.05, 0.1) is 18.8 Å². The molecule has 24 heavy (non-hydrogen) atoms. The van der Waals surface area contributed by atoms with E-state index in [1.165, 1.54) is 0 Å². The van der Waals surface area contributed by atoms with E-state index in [1.54, 1.807) is 20.1 Å². The third-order valence-electron chi connectivity index (χ3n) is 4.69. The van der Waals surface area contributed by atoms with E-state index < -0.39 is 20.0 Å². The summed E-state index contributed by atoms with van der Waals surface area (Å²) in [6.07, 6.45) is 2.50. The Morgan fingerprint density at radius 3 is 2.25 bits per heavy atom. The third-order valence-corrected chi connectivity index (χ3v) is 9.22. The van der Waals surface area contributed by atoms with Gasteiger partial charge in [0, 0.05) is 13.7 Å². The summed E-state index contributed by atoms with van der Waals surface area (Å²) >= 11 is 0. The van der Waals surface area contributed by atoms with E-state index in [4.69, 9.17) is 18.6 Å². The minimum absolute atomic E-state index is 0.108. The average Bonchev–Trinajstić information content (AvgIpc) is 2.46. The van der Waals surface area contributed by atoms with Crippen LogP contribution in [0.5, 0.6) is 0 Å². The number of aliphatic hydroxyl groups is 1. The Balaban J connectivity index is 4.23. The van der Waals surface area contributed by atoms with Crippen molar-refractivity contribution in [1.29, 1.82) is 0 Å². The van der Waals surface area contributed by atoms with Crippen molar-refractivity contribution >= 4 is 8.32 Å². The fraction of sp³-hybridized carbons (Fsp3) is 0.889. The predicted octanol–water partition coefficient (Wildman–Crippen LogP) is 3.73. The second-order valence-corrected chi connectivity index (χ2v) is 12.7. The monoisotopic (exact) mass is 362 g/mol. The molecule has 0 spiro atoms. The highest BCUT2D eigenvalue weighted by Gasteiger charge is 2.37. The number of ether oxygens (including phenoxy) is 3. The van der Waals surface area contributed by atoms with Gasteiger partial charge >= 0.3 is 0 Å². The first-order valence-electron chi connectivity index (χ1n) is 8.65. The molecule has 144 valence electrons. The summed E-state index contributed by atoms with van der Waals surface area (Å²) in [5.41, 5.74) is -0.997. The quantitative estimate of drug-likeness (QED) is 0.234. The lowest BCUT2D eigenvalue weighted by molar-refractivity contribution is -0.145. The van der Waals surface area contributed by atoms with Gasteiger partial charge in [-0.05, 0) is 37.9 Å². The van der Waals surface area contributed by atoms with E-state index in [1.807, 2.05) is 0 Å². The van der Waals surface area contributed by atoms with Crippen molar-refractivity contribution < 1.29 is 23.7 Å². The van der Waals surface area contributed by atoms with Crippen LogP contribution < -0.4 is 0 Å². The Bertz CT molecular complexity index is 350. The molecule has 0 aromatic heterocycles. The predicted molar refractivity (Wildman–Crippen MR) is 101 cm³/mol. The lowest BCUT2D eigenvalue weighted by atomic mass is 9.93. The summed E-state index contributed by atoms with van der Waals surface area (Å²) in [6, 6.07) is 0. The smallest absolute Gasteiger partial charge is 0.191 e. The first-order chi connectivity index (χ1) is 11.0. The number of hydrogen-bond acceptors (Lipinski definition) is 5. The number of methoxy groups -OCH3 is 1. The minimum atomic E-state index is -1.74. The van der Waals surface area contributed by atoms with Crippen LogP contribution in [-0.4, -0.2) is 58.9 Å². The molecule has 0 radical (unpaired) electrons. The van der Waals surface area contributed by atoms with Gasteiger partial charge in [0.2, 0.25) is 0 Å². The van der Waals surface area contributed by atoms with Gasteiger partial charge in [-0.3, -0.25) is 0 Å². The van der Waals surface area contributed by atoms with Crippen LogP contribution in [0.1, 0.15) is 40.5 Å². The number of rotatable bonds is 13. The molecule has 1 unspecified atom stereocenters. The lowest BCUT2D eigenvalue weighted by Crippen LogP contribution is -2.42. The highest BCUT2D eigenvalue weighted by atomic mass is 28.4. The Hall–Kier alpha value is -0.243. The average molecular weight is 363 g/mol. The Kier molecular flexibility index (Phi) is 10.6. The van der Waals surface area contributed by atoms with Crippen molar-refractivity contribution in [2.24, 2.45) is 0 Å². The molecule has 1 N–H and O–H groups in total. The second kappa shape index (κ2) is 10.7. The summed E-state index contributed by atoms with van der Waals surface area (Å²) in [6.45, 7) is 18.4. The van der Waals surface area contributed by atoms with Crippen molar-refractivity contribution in [3.8, 4) is 0 Å². The summed E-state index contributed by atoms with van der Waals surface area (Å²) in [5, 5.41) is 10.8. The summed E-state index contributed by atoms with van der Waals surface area (Å²) < 4.78 is 21.9. The molecule has 5 nitrogen and oxygen atoms in total. The van der Waals surface area contributed by atoms with Gasteiger partial charge < -0.3 is 23.7 Å². The standard InChI is InChI=1S/C18H38O5Si/c1-9-16(22-15-21-14-13-20-6)18(5,19)11-10-12-23-24(7,8)17(2,3)4/h9,16,19H,1,10-15H2,2-8H3/t16?,18-/m1/s1. The van der Waals surface area contributed by atoms with E-state index in [9.17, 15) is 5.11 Å². The molecular weight excluding hydrogens is 324 g/mol. The zero-order valence-electron chi connectivity index (χ0n) is 16.7. The zero-order chi connectivity index (χ0) is 18.9. The molecule has 0 amide bonds. The molecule has 0 aliphatic carbocycles.